The van der Waals surface area contributed by atoms with E-state index in [1.54, 1.807) is 24.3 Å². The standard InChI is InChI=1S/C32H36O10S2/c1-23-5-13-28(14-6-23)43(37,38)21-27(22-44(39,40)29-15-7-24(2)8-16-29)32(36)26-11-9-25(10-12-26)30(33)4-3-17-41-18-19-42-20-31(34)35/h5-16,27H,3-4,17-22H2,1-2H3,(H,34,35). The molecule has 3 aromatic rings. The fourth-order valence-corrected chi connectivity index (χ4v) is 7.56. The summed E-state index contributed by atoms with van der Waals surface area (Å²) in [6, 6.07) is 17.9. The van der Waals surface area contributed by atoms with E-state index in [9.17, 15) is 31.2 Å². The second-order valence-electron chi connectivity index (χ2n) is 10.4. The number of benzene rings is 3. The van der Waals surface area contributed by atoms with Gasteiger partial charge in [-0.25, -0.2) is 21.6 Å². The minimum absolute atomic E-state index is 0.00801. The van der Waals surface area contributed by atoms with Gasteiger partial charge in [0.2, 0.25) is 0 Å². The molecule has 3 aromatic carbocycles. The lowest BCUT2D eigenvalue weighted by Crippen LogP contribution is -2.31. The monoisotopic (exact) mass is 644 g/mol. The molecule has 0 fully saturated rings. The average molecular weight is 645 g/mol. The van der Waals surface area contributed by atoms with Gasteiger partial charge in [0.15, 0.2) is 31.2 Å². The Morgan fingerprint density at radius 2 is 1.11 bits per heavy atom. The summed E-state index contributed by atoms with van der Waals surface area (Å²) >= 11 is 0. The molecule has 1 N–H and O–H groups in total. The molecule has 0 heterocycles. The van der Waals surface area contributed by atoms with Crippen LogP contribution in [-0.2, 0) is 33.9 Å². The summed E-state index contributed by atoms with van der Waals surface area (Å²) < 4.78 is 63.4. The molecule has 12 heteroatoms. The third-order valence-electron chi connectivity index (χ3n) is 6.75. The van der Waals surface area contributed by atoms with Crippen LogP contribution in [0.25, 0.3) is 0 Å². The van der Waals surface area contributed by atoms with Crippen molar-refractivity contribution in [2.24, 2.45) is 5.92 Å². The van der Waals surface area contributed by atoms with Crippen molar-refractivity contribution in [3.05, 3.63) is 95.1 Å². The van der Waals surface area contributed by atoms with E-state index in [0.29, 0.717) is 12.0 Å². The van der Waals surface area contributed by atoms with E-state index in [0.717, 1.165) is 11.1 Å². The van der Waals surface area contributed by atoms with Crippen molar-refractivity contribution in [3.63, 3.8) is 0 Å². The predicted octanol–water partition coefficient (Wildman–Crippen LogP) is 4.13. The summed E-state index contributed by atoms with van der Waals surface area (Å²) in [5.41, 5.74) is 2.13. The van der Waals surface area contributed by atoms with Crippen molar-refractivity contribution in [2.75, 3.05) is 37.9 Å². The highest BCUT2D eigenvalue weighted by Crippen LogP contribution is 2.23. The number of Topliss-reactive ketones (excluding diaryl/α,β-unsaturated/α-hetero) is 2. The second kappa shape index (κ2) is 15.8. The number of hydrogen-bond donors (Lipinski definition) is 1. The molecular formula is C32H36O10S2. The summed E-state index contributed by atoms with van der Waals surface area (Å²) in [5.74, 6) is -4.74. The molecule has 0 spiro atoms. The number of carboxylic acids is 1. The molecule has 0 aliphatic carbocycles. The van der Waals surface area contributed by atoms with E-state index in [-0.39, 0.29) is 47.4 Å². The first-order valence-corrected chi connectivity index (χ1v) is 17.2. The van der Waals surface area contributed by atoms with Crippen LogP contribution in [0.4, 0.5) is 0 Å². The topological polar surface area (TPSA) is 158 Å². The van der Waals surface area contributed by atoms with Gasteiger partial charge < -0.3 is 14.6 Å². The largest absolute Gasteiger partial charge is 0.480 e. The van der Waals surface area contributed by atoms with Gasteiger partial charge in [-0.1, -0.05) is 59.7 Å². The molecule has 10 nitrogen and oxygen atoms in total. The van der Waals surface area contributed by atoms with Crippen LogP contribution in [0.15, 0.2) is 82.6 Å². The minimum Gasteiger partial charge on any atom is -0.480 e. The molecule has 0 radical (unpaired) electrons. The Hall–Kier alpha value is -3.71. The quantitative estimate of drug-likeness (QED) is 0.158. The first-order valence-electron chi connectivity index (χ1n) is 13.9. The van der Waals surface area contributed by atoms with Crippen LogP contribution in [0.2, 0.25) is 0 Å². The van der Waals surface area contributed by atoms with Gasteiger partial charge in [-0.3, -0.25) is 9.59 Å². The molecule has 0 amide bonds. The summed E-state index contributed by atoms with van der Waals surface area (Å²) in [5, 5.41) is 8.52. The van der Waals surface area contributed by atoms with Crippen molar-refractivity contribution in [3.8, 4) is 0 Å². The third kappa shape index (κ3) is 10.5. The van der Waals surface area contributed by atoms with Gasteiger partial charge in [0, 0.05) is 24.2 Å². The van der Waals surface area contributed by atoms with Gasteiger partial charge in [0.1, 0.15) is 6.61 Å². The van der Waals surface area contributed by atoms with Gasteiger partial charge in [-0.15, -0.1) is 0 Å². The molecule has 0 bridgehead atoms. The highest BCUT2D eigenvalue weighted by atomic mass is 32.2. The third-order valence-corrected chi connectivity index (χ3v) is 10.4. The van der Waals surface area contributed by atoms with E-state index < -0.39 is 55.5 Å². The number of ketones is 2. The molecule has 0 aliphatic heterocycles. The summed E-state index contributed by atoms with van der Waals surface area (Å²) in [7, 11) is -8.04. The van der Waals surface area contributed by atoms with Crippen LogP contribution < -0.4 is 0 Å². The average Bonchev–Trinajstić information content (AvgIpc) is 2.98. The number of ether oxygens (including phenoxy) is 2. The number of aryl methyl sites for hydroxylation is 2. The number of sulfone groups is 2. The predicted molar refractivity (Wildman–Crippen MR) is 164 cm³/mol. The summed E-state index contributed by atoms with van der Waals surface area (Å²) in [4.78, 5) is 36.6. The zero-order chi connectivity index (χ0) is 32.3. The Morgan fingerprint density at radius 1 is 0.659 bits per heavy atom. The normalized spacial score (nSPS) is 11.9. The number of rotatable bonds is 18. The van der Waals surface area contributed by atoms with Gasteiger partial charge in [0.05, 0.1) is 40.4 Å². The molecule has 0 aliphatic rings. The fraction of sp³-hybridized carbons (Fsp3) is 0.344. The van der Waals surface area contributed by atoms with Gasteiger partial charge >= 0.3 is 5.97 Å². The summed E-state index contributed by atoms with van der Waals surface area (Å²) in [6.45, 7) is 3.79. The molecule has 44 heavy (non-hydrogen) atoms. The Labute approximate surface area is 257 Å². The van der Waals surface area contributed by atoms with Crippen molar-refractivity contribution in [1.82, 2.24) is 0 Å². The van der Waals surface area contributed by atoms with E-state index in [4.69, 9.17) is 14.6 Å². The molecule has 0 saturated heterocycles. The van der Waals surface area contributed by atoms with Gasteiger partial charge in [-0.2, -0.15) is 0 Å². The van der Waals surface area contributed by atoms with E-state index >= 15 is 0 Å². The van der Waals surface area contributed by atoms with Crippen molar-refractivity contribution in [2.45, 2.75) is 36.5 Å². The molecule has 0 atom stereocenters. The molecule has 0 unspecified atom stereocenters. The Balaban J connectivity index is 1.72. The number of carbonyl (C=O) groups is 3. The fourth-order valence-electron chi connectivity index (χ4n) is 4.33. The highest BCUT2D eigenvalue weighted by Gasteiger charge is 2.32. The first-order chi connectivity index (χ1) is 20.8. The lowest BCUT2D eigenvalue weighted by Gasteiger charge is -2.17. The first kappa shape index (κ1) is 34.8. The zero-order valence-electron chi connectivity index (χ0n) is 24.6. The lowest BCUT2D eigenvalue weighted by atomic mass is 9.98. The van der Waals surface area contributed by atoms with E-state index in [1.165, 1.54) is 48.5 Å². The van der Waals surface area contributed by atoms with Crippen LogP contribution in [-0.4, -0.2) is 77.4 Å². The second-order valence-corrected chi connectivity index (χ2v) is 14.5. The van der Waals surface area contributed by atoms with Crippen LogP contribution in [0, 0.1) is 19.8 Å². The molecular weight excluding hydrogens is 608 g/mol. The smallest absolute Gasteiger partial charge is 0.329 e. The van der Waals surface area contributed by atoms with Crippen molar-refractivity contribution < 1.29 is 45.8 Å². The van der Waals surface area contributed by atoms with Crippen LogP contribution >= 0.6 is 0 Å². The molecule has 0 aromatic heterocycles. The minimum atomic E-state index is -4.02. The van der Waals surface area contributed by atoms with Gasteiger partial charge in [-0.05, 0) is 44.5 Å². The number of aliphatic carboxylic acids is 1. The maximum absolute atomic E-state index is 13.6. The molecule has 0 saturated carbocycles. The van der Waals surface area contributed by atoms with E-state index in [1.807, 2.05) is 13.8 Å². The van der Waals surface area contributed by atoms with Crippen molar-refractivity contribution in [1.29, 1.82) is 0 Å². The van der Waals surface area contributed by atoms with Crippen LogP contribution in [0.5, 0.6) is 0 Å². The Kier molecular flexibility index (Phi) is 12.5. The Morgan fingerprint density at radius 3 is 1.59 bits per heavy atom. The maximum Gasteiger partial charge on any atom is 0.329 e. The lowest BCUT2D eigenvalue weighted by molar-refractivity contribution is -0.142. The van der Waals surface area contributed by atoms with Crippen LogP contribution in [0.3, 0.4) is 0 Å². The van der Waals surface area contributed by atoms with Gasteiger partial charge in [0.25, 0.3) is 0 Å². The van der Waals surface area contributed by atoms with Crippen molar-refractivity contribution >= 4 is 37.2 Å². The van der Waals surface area contributed by atoms with Crippen LogP contribution in [0.1, 0.15) is 44.7 Å². The maximum atomic E-state index is 13.6. The number of hydrogen-bond acceptors (Lipinski definition) is 9. The van der Waals surface area contributed by atoms with E-state index in [2.05, 4.69) is 0 Å². The number of carboxylic acid groups (broad SMARTS) is 1. The molecule has 3 rings (SSSR count). The molecule has 236 valence electrons. The SMILES string of the molecule is Cc1ccc(S(=O)(=O)CC(CS(=O)(=O)c2ccc(C)cc2)C(=O)c2ccc(C(=O)CCCOCCOCC(=O)O)cc2)cc1. The summed E-state index contributed by atoms with van der Waals surface area (Å²) in [6.07, 6.45) is 0.573. The Bertz CT molecular complexity index is 1570. The number of carbonyl (C=O) groups excluding carboxylic acids is 2. The highest BCUT2D eigenvalue weighted by molar-refractivity contribution is 7.92. The zero-order valence-corrected chi connectivity index (χ0v) is 26.2.